The lowest BCUT2D eigenvalue weighted by Crippen LogP contribution is -2.31. The van der Waals surface area contributed by atoms with Gasteiger partial charge >= 0.3 is 6.09 Å². The molecule has 1 amide bonds. The van der Waals surface area contributed by atoms with E-state index in [4.69, 9.17) is 15.2 Å². The first-order chi connectivity index (χ1) is 10.1. The van der Waals surface area contributed by atoms with Crippen molar-refractivity contribution in [1.82, 2.24) is 0 Å². The molecule has 124 valence electrons. The molecular weight excluding hydrogens is 294 g/mol. The van der Waals surface area contributed by atoms with Crippen LogP contribution in [0.3, 0.4) is 0 Å². The fraction of sp³-hybridized carbons (Fsp3) is 0.533. The maximum Gasteiger partial charge on any atom is 0.412 e. The highest BCUT2D eigenvalue weighted by molar-refractivity contribution is 5.86. The maximum atomic E-state index is 13.6. The molecule has 0 fully saturated rings. The van der Waals surface area contributed by atoms with E-state index >= 15 is 0 Å². The van der Waals surface area contributed by atoms with Gasteiger partial charge in [0.1, 0.15) is 11.4 Å². The van der Waals surface area contributed by atoms with E-state index in [0.29, 0.717) is 5.75 Å². The summed E-state index contributed by atoms with van der Waals surface area (Å²) in [5.41, 5.74) is 4.85. The summed E-state index contributed by atoms with van der Waals surface area (Å²) in [5.74, 6) is -2.66. The van der Waals surface area contributed by atoms with Crippen LogP contribution in [0.15, 0.2) is 18.2 Å². The van der Waals surface area contributed by atoms with Crippen molar-refractivity contribution in [3.05, 3.63) is 23.8 Å². The molecule has 1 rings (SSSR count). The largest absolute Gasteiger partial charge is 0.497 e. The van der Waals surface area contributed by atoms with E-state index in [1.165, 1.54) is 19.2 Å². The lowest BCUT2D eigenvalue weighted by atomic mass is 10.0. The van der Waals surface area contributed by atoms with E-state index in [0.717, 1.165) is 0 Å². The van der Waals surface area contributed by atoms with Gasteiger partial charge < -0.3 is 15.2 Å². The summed E-state index contributed by atoms with van der Waals surface area (Å²) in [5, 5.41) is 2.47. The van der Waals surface area contributed by atoms with Gasteiger partial charge in [-0.2, -0.15) is 0 Å². The van der Waals surface area contributed by atoms with Crippen molar-refractivity contribution in [1.29, 1.82) is 0 Å². The molecule has 0 aliphatic heterocycles. The minimum Gasteiger partial charge on any atom is -0.497 e. The zero-order chi connectivity index (χ0) is 17.0. The minimum absolute atomic E-state index is 0.223. The monoisotopic (exact) mass is 316 g/mol. The molecule has 5 nitrogen and oxygen atoms in total. The maximum absolute atomic E-state index is 13.6. The fourth-order valence-corrected chi connectivity index (χ4v) is 1.73. The van der Waals surface area contributed by atoms with Crippen molar-refractivity contribution < 1.29 is 23.0 Å². The first-order valence-corrected chi connectivity index (χ1v) is 6.81. The molecule has 0 heterocycles. The van der Waals surface area contributed by atoms with Crippen molar-refractivity contribution in [2.24, 2.45) is 5.73 Å². The van der Waals surface area contributed by atoms with Crippen LogP contribution in [0.25, 0.3) is 0 Å². The summed E-state index contributed by atoms with van der Waals surface area (Å²) in [6, 6.07) is 4.50. The number of anilines is 1. The highest BCUT2D eigenvalue weighted by atomic mass is 19.3. The van der Waals surface area contributed by atoms with Gasteiger partial charge in [-0.25, -0.2) is 13.6 Å². The van der Waals surface area contributed by atoms with Crippen LogP contribution in [-0.2, 0) is 11.2 Å². The van der Waals surface area contributed by atoms with E-state index in [2.05, 4.69) is 5.32 Å². The van der Waals surface area contributed by atoms with Gasteiger partial charge in [0.25, 0.3) is 5.92 Å². The Balaban J connectivity index is 3.00. The Kier molecular flexibility index (Phi) is 5.71. The molecule has 0 radical (unpaired) electrons. The average Bonchev–Trinajstić information content (AvgIpc) is 2.38. The van der Waals surface area contributed by atoms with Gasteiger partial charge in [0, 0.05) is 12.1 Å². The second kappa shape index (κ2) is 6.91. The number of benzene rings is 1. The van der Waals surface area contributed by atoms with Crippen molar-refractivity contribution in [3.63, 3.8) is 0 Å². The Morgan fingerprint density at radius 3 is 2.45 bits per heavy atom. The molecule has 0 atom stereocenters. The van der Waals surface area contributed by atoms with E-state index < -0.39 is 30.6 Å². The Hall–Kier alpha value is -1.89. The zero-order valence-electron chi connectivity index (χ0n) is 13.2. The predicted molar refractivity (Wildman–Crippen MR) is 80.6 cm³/mol. The molecule has 22 heavy (non-hydrogen) atoms. The Labute approximate surface area is 128 Å². The highest BCUT2D eigenvalue weighted by Crippen LogP contribution is 2.28. The summed E-state index contributed by atoms with van der Waals surface area (Å²) in [6.45, 7) is 4.36. The summed E-state index contributed by atoms with van der Waals surface area (Å²) in [7, 11) is 1.43. The Bertz CT molecular complexity index is 528. The molecule has 0 aliphatic carbocycles. The highest BCUT2D eigenvalue weighted by Gasteiger charge is 2.29. The van der Waals surface area contributed by atoms with Crippen LogP contribution in [0.5, 0.6) is 5.75 Å². The fourth-order valence-electron chi connectivity index (χ4n) is 1.73. The number of methoxy groups -OCH3 is 1. The van der Waals surface area contributed by atoms with E-state index in [-0.39, 0.29) is 11.3 Å². The molecule has 0 bridgehead atoms. The summed E-state index contributed by atoms with van der Waals surface area (Å²) < 4.78 is 37.2. The number of nitrogens with two attached hydrogens (primary N) is 1. The quantitative estimate of drug-likeness (QED) is 0.875. The number of halogens is 2. The molecule has 0 spiro atoms. The van der Waals surface area contributed by atoms with Gasteiger partial charge in [-0.15, -0.1) is 0 Å². The van der Waals surface area contributed by atoms with Crippen LogP contribution < -0.4 is 15.8 Å². The summed E-state index contributed by atoms with van der Waals surface area (Å²) in [6.07, 6.45) is -1.32. The minimum atomic E-state index is -3.07. The predicted octanol–water partition coefficient (Wildman–Crippen LogP) is 3.18. The van der Waals surface area contributed by atoms with Gasteiger partial charge in [0.15, 0.2) is 0 Å². The van der Waals surface area contributed by atoms with Crippen molar-refractivity contribution in [2.45, 2.75) is 38.7 Å². The first-order valence-electron chi connectivity index (χ1n) is 6.81. The molecule has 3 N–H and O–H groups in total. The first kappa shape index (κ1) is 18.2. The van der Waals surface area contributed by atoms with Crippen LogP contribution >= 0.6 is 0 Å². The van der Waals surface area contributed by atoms with Crippen LogP contribution in [0.1, 0.15) is 26.3 Å². The summed E-state index contributed by atoms with van der Waals surface area (Å²) in [4.78, 5) is 11.8. The second-order valence-corrected chi connectivity index (χ2v) is 5.89. The third-order valence-corrected chi connectivity index (χ3v) is 2.70. The van der Waals surface area contributed by atoms with Crippen molar-refractivity contribution in [3.8, 4) is 5.75 Å². The molecule has 0 saturated carbocycles. The number of ether oxygens (including phenoxy) is 2. The molecule has 1 aromatic rings. The van der Waals surface area contributed by atoms with Gasteiger partial charge in [-0.05, 0) is 44.5 Å². The van der Waals surface area contributed by atoms with Crippen molar-refractivity contribution in [2.75, 3.05) is 19.0 Å². The van der Waals surface area contributed by atoms with Crippen molar-refractivity contribution >= 4 is 11.8 Å². The SMILES string of the molecule is COc1ccc(NC(=O)OC(C)(C)C)c(CC(F)(F)CN)c1. The van der Waals surface area contributed by atoms with E-state index in [1.807, 2.05) is 0 Å². The molecular formula is C15H22F2N2O3. The summed E-state index contributed by atoms with van der Waals surface area (Å²) >= 11 is 0. The van der Waals surface area contributed by atoms with Gasteiger partial charge in [-0.1, -0.05) is 0 Å². The van der Waals surface area contributed by atoms with E-state index in [9.17, 15) is 13.6 Å². The average molecular weight is 316 g/mol. The molecule has 0 aromatic heterocycles. The number of nitrogens with one attached hydrogen (secondary N) is 1. The number of hydrogen-bond acceptors (Lipinski definition) is 4. The third-order valence-electron chi connectivity index (χ3n) is 2.70. The lowest BCUT2D eigenvalue weighted by Gasteiger charge is -2.21. The number of amides is 1. The number of rotatable bonds is 5. The second-order valence-electron chi connectivity index (χ2n) is 5.89. The zero-order valence-corrected chi connectivity index (χ0v) is 13.2. The molecule has 0 saturated heterocycles. The number of carbonyl (C=O) groups is 1. The Morgan fingerprint density at radius 2 is 1.95 bits per heavy atom. The topological polar surface area (TPSA) is 73.6 Å². The standard InChI is InChI=1S/C15H22F2N2O3/c1-14(2,3)22-13(20)19-12-6-5-11(21-4)7-10(12)8-15(16,17)9-18/h5-7H,8-9,18H2,1-4H3,(H,19,20). The van der Waals surface area contributed by atoms with Crippen LogP contribution in [-0.4, -0.2) is 31.3 Å². The molecule has 0 unspecified atom stereocenters. The Morgan fingerprint density at radius 1 is 1.32 bits per heavy atom. The number of carbonyl (C=O) groups excluding carboxylic acids is 1. The van der Waals surface area contributed by atoms with Gasteiger partial charge in [0.05, 0.1) is 13.7 Å². The van der Waals surface area contributed by atoms with Crippen LogP contribution in [0.4, 0.5) is 19.3 Å². The smallest absolute Gasteiger partial charge is 0.412 e. The van der Waals surface area contributed by atoms with Gasteiger partial charge in [0.2, 0.25) is 0 Å². The van der Waals surface area contributed by atoms with E-state index in [1.54, 1.807) is 26.8 Å². The van der Waals surface area contributed by atoms with Gasteiger partial charge in [-0.3, -0.25) is 5.32 Å². The lowest BCUT2D eigenvalue weighted by molar-refractivity contribution is 0.0115. The number of hydrogen-bond donors (Lipinski definition) is 2. The van der Waals surface area contributed by atoms with Crippen LogP contribution in [0, 0.1) is 0 Å². The normalized spacial score (nSPS) is 12.0. The molecule has 1 aromatic carbocycles. The number of alkyl halides is 2. The third kappa shape index (κ3) is 5.85. The molecule has 0 aliphatic rings. The molecule has 7 heteroatoms. The van der Waals surface area contributed by atoms with Crippen LogP contribution in [0.2, 0.25) is 0 Å².